The molecule has 1 aromatic heterocycles. The van der Waals surface area contributed by atoms with Crippen molar-refractivity contribution < 1.29 is 36.7 Å². The number of sulfonamides is 1. The van der Waals surface area contributed by atoms with Gasteiger partial charge in [-0.3, -0.25) is 4.90 Å². The van der Waals surface area contributed by atoms with Crippen molar-refractivity contribution in [3.63, 3.8) is 0 Å². The molecule has 60 heavy (non-hydrogen) atoms. The number of pyridine rings is 1. The van der Waals surface area contributed by atoms with Crippen molar-refractivity contribution in [3.05, 3.63) is 90.6 Å². The van der Waals surface area contributed by atoms with E-state index in [2.05, 4.69) is 46.6 Å². The zero-order valence-corrected chi connectivity index (χ0v) is 37.2. The van der Waals surface area contributed by atoms with Gasteiger partial charge in [-0.25, -0.2) is 22.5 Å². The first-order valence-electron chi connectivity index (χ1n) is 19.7. The summed E-state index contributed by atoms with van der Waals surface area (Å²) >= 11 is 0. The molecule has 16 heteroatoms. The minimum Gasteiger partial charge on any atom is -0.497 e. The maximum absolute atomic E-state index is 13.7. The number of ether oxygens (including phenoxy) is 4. The molecule has 4 aromatic carbocycles. The molecule has 320 valence electrons. The molecule has 1 saturated heterocycles. The number of hydrogen-bond acceptors (Lipinski definition) is 11. The molecule has 0 aliphatic carbocycles. The number of carbonyl (C=O) groups is 1. The van der Waals surface area contributed by atoms with Crippen LogP contribution in [0.2, 0.25) is 0 Å². The summed E-state index contributed by atoms with van der Waals surface area (Å²) in [6, 6.07) is 22.5. The second kappa shape index (κ2) is 18.6. The number of amides is 2. The SMILES string of the molecule is COc1cc(Nc2cc(Oc3ccc(NC(=O)Nc4cc(C(C)(C)C)cc(P(C)(C)=O)c4OC)c4ccccc34)ccn2)cc(S(=O)(=O)N(C)CCCN2CCOCC2)c1. The van der Waals surface area contributed by atoms with Gasteiger partial charge in [0.15, 0.2) is 5.75 Å². The molecule has 0 unspecified atom stereocenters. The monoisotopic (exact) mass is 858 g/mol. The van der Waals surface area contributed by atoms with Crippen LogP contribution in [0.3, 0.4) is 0 Å². The summed E-state index contributed by atoms with van der Waals surface area (Å²) in [5.74, 6) is 2.15. The van der Waals surface area contributed by atoms with Crippen LogP contribution in [0.1, 0.15) is 32.8 Å². The third-order valence-corrected chi connectivity index (χ3v) is 13.5. The first-order chi connectivity index (χ1) is 28.5. The molecule has 0 saturated carbocycles. The zero-order chi connectivity index (χ0) is 43.2. The highest BCUT2D eigenvalue weighted by molar-refractivity contribution is 7.89. The Morgan fingerprint density at radius 1 is 0.900 bits per heavy atom. The van der Waals surface area contributed by atoms with Gasteiger partial charge in [0.05, 0.1) is 49.0 Å². The van der Waals surface area contributed by atoms with Crippen LogP contribution < -0.4 is 35.5 Å². The fourth-order valence-corrected chi connectivity index (χ4v) is 9.29. The van der Waals surface area contributed by atoms with Gasteiger partial charge in [0.2, 0.25) is 10.0 Å². The lowest BCUT2D eigenvalue weighted by molar-refractivity contribution is 0.0370. The highest BCUT2D eigenvalue weighted by Gasteiger charge is 2.27. The summed E-state index contributed by atoms with van der Waals surface area (Å²) in [6.45, 7) is 13.8. The molecule has 0 radical (unpaired) electrons. The summed E-state index contributed by atoms with van der Waals surface area (Å²) in [5, 5.41) is 11.1. The predicted octanol–water partition coefficient (Wildman–Crippen LogP) is 8.32. The molecule has 14 nitrogen and oxygen atoms in total. The smallest absolute Gasteiger partial charge is 0.323 e. The molecular weight excluding hydrogens is 804 g/mol. The number of nitrogens with zero attached hydrogens (tertiary/aromatic N) is 3. The molecule has 0 atom stereocenters. The van der Waals surface area contributed by atoms with Crippen LogP contribution in [0.25, 0.3) is 10.8 Å². The Morgan fingerprint density at radius 3 is 2.30 bits per heavy atom. The van der Waals surface area contributed by atoms with E-state index in [0.29, 0.717) is 77.4 Å². The third-order valence-electron chi connectivity index (χ3n) is 10.2. The summed E-state index contributed by atoms with van der Waals surface area (Å²) in [4.78, 5) is 20.4. The summed E-state index contributed by atoms with van der Waals surface area (Å²) in [5.41, 5.74) is 2.07. The third kappa shape index (κ3) is 10.8. The Kier molecular flexibility index (Phi) is 13.8. The number of rotatable bonds is 15. The Bertz CT molecular complexity index is 2500. The standard InChI is InChI=1S/C44H55N6O8PS/c1-44(2,3)30-24-38(42(56-6)40(25-30)59(7,8)52)48-43(51)47-37-14-15-39(36-13-10-9-12-35(36)37)58-32-16-17-45-41(29-32)46-31-26-33(55-5)28-34(27-31)60(53,54)49(4)18-11-19-50-20-22-57-23-21-50/h9-10,12-17,24-29H,11,18-23H2,1-8H3,(H,45,46)(H2,47,48,51). The maximum Gasteiger partial charge on any atom is 0.323 e. The van der Waals surface area contributed by atoms with Crippen molar-refractivity contribution in [3.8, 4) is 23.0 Å². The van der Waals surface area contributed by atoms with Crippen molar-refractivity contribution in [1.82, 2.24) is 14.2 Å². The van der Waals surface area contributed by atoms with E-state index in [1.807, 2.05) is 36.4 Å². The van der Waals surface area contributed by atoms with Gasteiger partial charge in [-0.2, -0.15) is 0 Å². The average molecular weight is 859 g/mol. The molecule has 5 aromatic rings. The van der Waals surface area contributed by atoms with E-state index >= 15 is 0 Å². The Hall–Kier alpha value is -5.18. The number of anilines is 4. The van der Waals surface area contributed by atoms with Crippen LogP contribution in [-0.4, -0.2) is 103 Å². The highest BCUT2D eigenvalue weighted by Crippen LogP contribution is 2.44. The lowest BCUT2D eigenvalue weighted by Crippen LogP contribution is -2.38. The van der Waals surface area contributed by atoms with E-state index in [9.17, 15) is 17.8 Å². The topological polar surface area (TPSA) is 161 Å². The number of nitrogens with one attached hydrogen (secondary N) is 3. The molecular formula is C44H55N6O8PS. The highest BCUT2D eigenvalue weighted by atomic mass is 32.2. The van der Waals surface area contributed by atoms with Crippen molar-refractivity contribution in [1.29, 1.82) is 0 Å². The number of methoxy groups -OCH3 is 2. The van der Waals surface area contributed by atoms with Crippen molar-refractivity contribution in [2.75, 3.05) is 89.9 Å². The Labute approximate surface area is 353 Å². The first-order valence-corrected chi connectivity index (χ1v) is 23.7. The quantitative estimate of drug-likeness (QED) is 0.0869. The number of urea groups is 1. The number of morpholine rings is 1. The normalized spacial score (nSPS) is 13.9. The minimum atomic E-state index is -3.82. The van der Waals surface area contributed by atoms with Crippen LogP contribution in [0.4, 0.5) is 27.7 Å². The molecule has 0 spiro atoms. The fourth-order valence-electron chi connectivity index (χ4n) is 6.87. The maximum atomic E-state index is 13.7. The number of fused-ring (bicyclic) bond motifs is 1. The van der Waals surface area contributed by atoms with Crippen molar-refractivity contribution in [2.24, 2.45) is 0 Å². The number of hydrogen-bond donors (Lipinski definition) is 3. The Morgan fingerprint density at radius 2 is 1.62 bits per heavy atom. The average Bonchev–Trinajstić information content (AvgIpc) is 3.21. The number of benzene rings is 4. The molecule has 1 fully saturated rings. The van der Waals surface area contributed by atoms with Gasteiger partial charge in [0, 0.05) is 67.5 Å². The molecule has 6 rings (SSSR count). The molecule has 1 aliphatic rings. The van der Waals surface area contributed by atoms with Crippen LogP contribution in [-0.2, 0) is 24.7 Å². The van der Waals surface area contributed by atoms with Gasteiger partial charge in [0.25, 0.3) is 0 Å². The van der Waals surface area contributed by atoms with Crippen LogP contribution in [0.15, 0.2) is 90.0 Å². The molecule has 2 amide bonds. The van der Waals surface area contributed by atoms with E-state index in [0.717, 1.165) is 36.0 Å². The summed E-state index contributed by atoms with van der Waals surface area (Å²) in [7, 11) is -2.02. The van der Waals surface area contributed by atoms with Crippen LogP contribution in [0.5, 0.6) is 23.0 Å². The van der Waals surface area contributed by atoms with Gasteiger partial charge in [-0.05, 0) is 73.7 Å². The molecule has 2 heterocycles. The van der Waals surface area contributed by atoms with E-state index in [-0.39, 0.29) is 10.3 Å². The second-order valence-electron chi connectivity index (χ2n) is 16.0. The van der Waals surface area contributed by atoms with Crippen LogP contribution >= 0.6 is 7.14 Å². The lowest BCUT2D eigenvalue weighted by atomic mass is 9.86. The van der Waals surface area contributed by atoms with E-state index < -0.39 is 23.2 Å². The molecule has 3 N–H and O–H groups in total. The fraction of sp³-hybridized carbons (Fsp3) is 0.364. The summed E-state index contributed by atoms with van der Waals surface area (Å²) in [6.07, 6.45) is 2.28. The van der Waals surface area contributed by atoms with E-state index in [1.54, 1.807) is 63.0 Å². The zero-order valence-electron chi connectivity index (χ0n) is 35.5. The van der Waals surface area contributed by atoms with Crippen LogP contribution in [0, 0.1) is 0 Å². The van der Waals surface area contributed by atoms with E-state index in [4.69, 9.17) is 18.9 Å². The number of carbonyl (C=O) groups excluding carboxylic acids is 1. The molecule has 1 aliphatic heterocycles. The van der Waals surface area contributed by atoms with Gasteiger partial charge in [-0.15, -0.1) is 0 Å². The minimum absolute atomic E-state index is 0.0922. The van der Waals surface area contributed by atoms with Gasteiger partial charge < -0.3 is 39.5 Å². The lowest BCUT2D eigenvalue weighted by Gasteiger charge is -2.27. The van der Waals surface area contributed by atoms with Gasteiger partial charge >= 0.3 is 6.03 Å². The second-order valence-corrected chi connectivity index (χ2v) is 21.3. The number of aromatic nitrogens is 1. The van der Waals surface area contributed by atoms with Crippen molar-refractivity contribution >= 4 is 62.2 Å². The molecule has 0 bridgehead atoms. The van der Waals surface area contributed by atoms with Crippen molar-refractivity contribution in [2.45, 2.75) is 37.5 Å². The van der Waals surface area contributed by atoms with Gasteiger partial charge in [-0.1, -0.05) is 45.0 Å². The predicted molar refractivity (Wildman–Crippen MR) is 240 cm³/mol. The van der Waals surface area contributed by atoms with Gasteiger partial charge in [0.1, 0.15) is 30.2 Å². The largest absolute Gasteiger partial charge is 0.497 e. The Balaban J connectivity index is 1.18. The summed E-state index contributed by atoms with van der Waals surface area (Å²) < 4.78 is 65.0. The first kappa shape index (κ1) is 44.4. The van der Waals surface area contributed by atoms with E-state index in [1.165, 1.54) is 24.6 Å².